The van der Waals surface area contributed by atoms with E-state index in [1.807, 2.05) is 6.07 Å². The Morgan fingerprint density at radius 3 is 2.26 bits per heavy atom. The topological polar surface area (TPSA) is 21.7 Å². The summed E-state index contributed by atoms with van der Waals surface area (Å²) in [7, 11) is 3.44. The molecule has 0 unspecified atom stereocenters. The van der Waals surface area contributed by atoms with Crippen molar-refractivity contribution >= 4 is 5.69 Å². The van der Waals surface area contributed by atoms with Gasteiger partial charge in [-0.2, -0.15) is 0 Å². The number of hydrogen-bond acceptors (Lipinski definition) is 3. The summed E-state index contributed by atoms with van der Waals surface area (Å²) in [6.07, 6.45) is 17.1. The Morgan fingerprint density at radius 1 is 0.947 bits per heavy atom. The van der Waals surface area contributed by atoms with Crippen molar-refractivity contribution < 1.29 is 9.47 Å². The predicted molar refractivity (Wildman–Crippen MR) is 164 cm³/mol. The van der Waals surface area contributed by atoms with Crippen molar-refractivity contribution in [2.24, 2.45) is 0 Å². The second-order valence-corrected chi connectivity index (χ2v) is 11.0. The molecular weight excluding hydrogens is 466 g/mol. The van der Waals surface area contributed by atoms with E-state index in [1.165, 1.54) is 34.5 Å². The Bertz CT molecular complexity index is 1260. The molecule has 38 heavy (non-hydrogen) atoms. The number of benzene rings is 2. The van der Waals surface area contributed by atoms with Crippen LogP contribution in [0.2, 0.25) is 0 Å². The second-order valence-electron chi connectivity index (χ2n) is 11.0. The Balaban J connectivity index is 1.73. The molecule has 0 radical (unpaired) electrons. The van der Waals surface area contributed by atoms with E-state index in [1.54, 1.807) is 14.2 Å². The zero-order chi connectivity index (χ0) is 27.9. The molecule has 0 aliphatic carbocycles. The third-order valence-electron chi connectivity index (χ3n) is 7.75. The van der Waals surface area contributed by atoms with Crippen LogP contribution in [0.25, 0.3) is 0 Å². The number of nitrogens with zero attached hydrogens (tertiary/aromatic N) is 1. The standard InChI is InChI=1S/C35H45NO2/c1-10-11-23-36-32-22-21-29(38-9)25-31(32)35(6,7)33(36)18-16-14-12-13-15-17-27(3)34(4,5)30-24-28(37-8)20-19-26(30)2/h12-22,24-25H,3,10-11,23H2,1-2,4-9H3/b13-12+,16-14+,17-15+,33-18+. The molecule has 1 heterocycles. The molecule has 0 atom stereocenters. The van der Waals surface area contributed by atoms with Crippen molar-refractivity contribution in [3.05, 3.63) is 113 Å². The smallest absolute Gasteiger partial charge is 0.119 e. The first-order valence-corrected chi connectivity index (χ1v) is 13.6. The predicted octanol–water partition coefficient (Wildman–Crippen LogP) is 9.00. The van der Waals surface area contributed by atoms with Crippen LogP contribution in [0.5, 0.6) is 11.5 Å². The third-order valence-corrected chi connectivity index (χ3v) is 7.75. The number of anilines is 1. The maximum atomic E-state index is 5.52. The minimum absolute atomic E-state index is 0.0901. The van der Waals surface area contributed by atoms with Crippen LogP contribution in [0.4, 0.5) is 5.69 Å². The molecule has 0 spiro atoms. The summed E-state index contributed by atoms with van der Waals surface area (Å²) in [5.41, 5.74) is 7.15. The highest BCUT2D eigenvalue weighted by atomic mass is 16.5. The van der Waals surface area contributed by atoms with Gasteiger partial charge in [0.05, 0.1) is 14.2 Å². The summed E-state index contributed by atoms with van der Waals surface area (Å²) < 4.78 is 11.0. The van der Waals surface area contributed by atoms with E-state index in [4.69, 9.17) is 9.47 Å². The lowest BCUT2D eigenvalue weighted by Crippen LogP contribution is -2.26. The third kappa shape index (κ3) is 6.15. The molecule has 2 aromatic carbocycles. The fourth-order valence-corrected chi connectivity index (χ4v) is 5.13. The van der Waals surface area contributed by atoms with Crippen molar-refractivity contribution in [1.29, 1.82) is 0 Å². The van der Waals surface area contributed by atoms with E-state index in [-0.39, 0.29) is 10.8 Å². The highest BCUT2D eigenvalue weighted by Gasteiger charge is 2.39. The fraction of sp³-hybridized carbons (Fsp3) is 0.371. The molecule has 3 rings (SSSR count). The van der Waals surface area contributed by atoms with Crippen LogP contribution >= 0.6 is 0 Å². The summed E-state index contributed by atoms with van der Waals surface area (Å²) >= 11 is 0. The minimum atomic E-state index is -0.198. The molecular formula is C35H45NO2. The molecule has 0 N–H and O–H groups in total. The molecule has 202 valence electrons. The van der Waals surface area contributed by atoms with Gasteiger partial charge < -0.3 is 14.4 Å². The van der Waals surface area contributed by atoms with Gasteiger partial charge in [-0.25, -0.2) is 0 Å². The quantitative estimate of drug-likeness (QED) is 0.281. The zero-order valence-corrected chi connectivity index (χ0v) is 24.6. The van der Waals surface area contributed by atoms with Crippen molar-refractivity contribution in [3.8, 4) is 11.5 Å². The number of allylic oxidation sites excluding steroid dienone is 9. The van der Waals surface area contributed by atoms with Crippen LogP contribution in [-0.2, 0) is 10.8 Å². The van der Waals surface area contributed by atoms with Gasteiger partial charge in [-0.1, -0.05) is 90.1 Å². The molecule has 0 saturated heterocycles. The molecule has 1 aliphatic heterocycles. The number of aryl methyl sites for hydroxylation is 1. The van der Waals surface area contributed by atoms with Gasteiger partial charge in [0.1, 0.15) is 11.5 Å². The summed E-state index contributed by atoms with van der Waals surface area (Å²) in [5, 5.41) is 0. The molecule has 3 nitrogen and oxygen atoms in total. The van der Waals surface area contributed by atoms with Gasteiger partial charge in [0, 0.05) is 28.8 Å². The van der Waals surface area contributed by atoms with Crippen LogP contribution in [0.15, 0.2) is 96.8 Å². The first kappa shape index (κ1) is 29.1. The van der Waals surface area contributed by atoms with Gasteiger partial charge in [0.2, 0.25) is 0 Å². The lowest BCUT2D eigenvalue weighted by Gasteiger charge is -2.28. The Kier molecular flexibility index (Phi) is 9.49. The van der Waals surface area contributed by atoms with E-state index in [9.17, 15) is 0 Å². The molecule has 2 aromatic rings. The van der Waals surface area contributed by atoms with Gasteiger partial charge in [-0.3, -0.25) is 0 Å². The zero-order valence-electron chi connectivity index (χ0n) is 24.6. The SMILES string of the molecule is C=C(/C=C/C=C/C=C/C=C1/N(CCCC)c2ccc(OC)cc2C1(C)C)C(C)(C)c1cc(OC)ccc1C. The Hall–Kier alpha value is -3.46. The molecule has 0 bridgehead atoms. The monoisotopic (exact) mass is 511 g/mol. The summed E-state index contributed by atoms with van der Waals surface area (Å²) in [4.78, 5) is 2.47. The number of rotatable bonds is 11. The van der Waals surface area contributed by atoms with Gasteiger partial charge in [-0.15, -0.1) is 0 Å². The molecule has 0 saturated carbocycles. The molecule has 0 aromatic heterocycles. The number of fused-ring (bicyclic) bond motifs is 1. The van der Waals surface area contributed by atoms with Crippen molar-refractivity contribution in [2.75, 3.05) is 25.7 Å². The minimum Gasteiger partial charge on any atom is -0.497 e. The number of hydrogen-bond donors (Lipinski definition) is 0. The van der Waals surface area contributed by atoms with E-state index in [0.29, 0.717) is 0 Å². The van der Waals surface area contributed by atoms with Crippen LogP contribution in [0.1, 0.15) is 64.2 Å². The highest BCUT2D eigenvalue weighted by Crippen LogP contribution is 2.49. The lowest BCUT2D eigenvalue weighted by molar-refractivity contribution is 0.413. The van der Waals surface area contributed by atoms with E-state index < -0.39 is 0 Å². The van der Waals surface area contributed by atoms with Gasteiger partial charge in [0.25, 0.3) is 0 Å². The molecule has 0 fully saturated rings. The van der Waals surface area contributed by atoms with Gasteiger partial charge in [-0.05, 0) is 72.0 Å². The summed E-state index contributed by atoms with van der Waals surface area (Å²) in [6.45, 7) is 18.8. The van der Waals surface area contributed by atoms with Gasteiger partial charge >= 0.3 is 0 Å². The Morgan fingerprint density at radius 2 is 1.58 bits per heavy atom. The van der Waals surface area contributed by atoms with E-state index >= 15 is 0 Å². The average Bonchev–Trinajstić information content (AvgIpc) is 3.11. The van der Waals surface area contributed by atoms with Crippen LogP contribution in [0, 0.1) is 6.92 Å². The van der Waals surface area contributed by atoms with E-state index in [2.05, 4.69) is 126 Å². The highest BCUT2D eigenvalue weighted by molar-refractivity contribution is 5.72. The van der Waals surface area contributed by atoms with E-state index in [0.717, 1.165) is 30.0 Å². The first-order valence-electron chi connectivity index (χ1n) is 13.6. The van der Waals surface area contributed by atoms with Crippen LogP contribution < -0.4 is 14.4 Å². The molecule has 0 amide bonds. The fourth-order valence-electron chi connectivity index (χ4n) is 5.13. The summed E-state index contributed by atoms with van der Waals surface area (Å²) in [6, 6.07) is 12.7. The van der Waals surface area contributed by atoms with Gasteiger partial charge in [0.15, 0.2) is 0 Å². The normalized spacial score (nSPS) is 16.2. The van der Waals surface area contributed by atoms with Crippen molar-refractivity contribution in [1.82, 2.24) is 0 Å². The van der Waals surface area contributed by atoms with Crippen LogP contribution in [0.3, 0.4) is 0 Å². The number of unbranched alkanes of at least 4 members (excludes halogenated alkanes) is 1. The molecule has 3 heteroatoms. The van der Waals surface area contributed by atoms with Crippen LogP contribution in [-0.4, -0.2) is 20.8 Å². The summed E-state index contributed by atoms with van der Waals surface area (Å²) in [5.74, 6) is 1.78. The lowest BCUT2D eigenvalue weighted by atomic mass is 9.76. The molecule has 1 aliphatic rings. The second kappa shape index (κ2) is 12.4. The largest absolute Gasteiger partial charge is 0.497 e. The maximum absolute atomic E-state index is 5.52. The Labute approximate surface area is 230 Å². The maximum Gasteiger partial charge on any atom is 0.119 e. The number of ether oxygens (including phenoxy) is 2. The average molecular weight is 512 g/mol. The van der Waals surface area contributed by atoms with Crippen molar-refractivity contribution in [2.45, 2.75) is 65.2 Å². The number of methoxy groups -OCH3 is 2. The first-order chi connectivity index (χ1) is 18.1. The van der Waals surface area contributed by atoms with Crippen molar-refractivity contribution in [3.63, 3.8) is 0 Å².